The van der Waals surface area contributed by atoms with E-state index >= 15 is 0 Å². The molecule has 23 heavy (non-hydrogen) atoms. The fourth-order valence-electron chi connectivity index (χ4n) is 3.54. The molecule has 1 aromatic carbocycles. The van der Waals surface area contributed by atoms with Crippen molar-refractivity contribution < 1.29 is 9.59 Å². The minimum Gasteiger partial charge on any atom is -0.352 e. The molecule has 0 aliphatic carbocycles. The lowest BCUT2D eigenvalue weighted by Gasteiger charge is -2.16. The van der Waals surface area contributed by atoms with Gasteiger partial charge in [-0.15, -0.1) is 11.3 Å². The van der Waals surface area contributed by atoms with Crippen molar-refractivity contribution in [3.8, 4) is 10.4 Å². The van der Waals surface area contributed by atoms with E-state index in [-0.39, 0.29) is 11.7 Å². The number of thiophene rings is 1. The van der Waals surface area contributed by atoms with Crippen LogP contribution in [-0.2, 0) is 0 Å². The standard InChI is InChI=1S/C18H18N2O2S/c1-10(21)16-4-5-17(23-16)11-2-3-13-14(6-11)18(22)20-8-12-7-19-9-15(12)13/h2-6,12,15,19H,7-9H2,1H3,(H,20,22). The van der Waals surface area contributed by atoms with E-state index in [4.69, 9.17) is 0 Å². The Morgan fingerprint density at radius 2 is 2.04 bits per heavy atom. The number of amides is 1. The number of hydrogen-bond donors (Lipinski definition) is 2. The van der Waals surface area contributed by atoms with Gasteiger partial charge in [0.05, 0.1) is 4.88 Å². The van der Waals surface area contributed by atoms with Crippen LogP contribution < -0.4 is 10.6 Å². The molecule has 118 valence electrons. The van der Waals surface area contributed by atoms with E-state index in [0.717, 1.165) is 46.1 Å². The number of nitrogens with one attached hydrogen (secondary N) is 2. The molecule has 5 heteroatoms. The Morgan fingerprint density at radius 3 is 2.83 bits per heavy atom. The summed E-state index contributed by atoms with van der Waals surface area (Å²) in [5.41, 5.74) is 2.92. The highest BCUT2D eigenvalue weighted by molar-refractivity contribution is 7.17. The maximum absolute atomic E-state index is 12.5. The Balaban J connectivity index is 1.77. The van der Waals surface area contributed by atoms with Crippen molar-refractivity contribution in [2.24, 2.45) is 5.92 Å². The van der Waals surface area contributed by atoms with Gasteiger partial charge in [0.1, 0.15) is 0 Å². The molecule has 2 aliphatic rings. The van der Waals surface area contributed by atoms with Crippen molar-refractivity contribution in [1.29, 1.82) is 0 Å². The molecule has 2 aromatic rings. The Hall–Kier alpha value is -1.98. The molecule has 1 fully saturated rings. The van der Waals surface area contributed by atoms with Crippen molar-refractivity contribution in [2.45, 2.75) is 12.8 Å². The summed E-state index contributed by atoms with van der Waals surface area (Å²) in [6.07, 6.45) is 0. The first kappa shape index (κ1) is 14.6. The van der Waals surface area contributed by atoms with Gasteiger partial charge in [-0.1, -0.05) is 12.1 Å². The van der Waals surface area contributed by atoms with Crippen LogP contribution in [0.2, 0.25) is 0 Å². The summed E-state index contributed by atoms with van der Waals surface area (Å²) in [7, 11) is 0. The SMILES string of the molecule is CC(=O)c1ccc(-c2ccc3c(c2)C(=O)NCC2CNCC32)s1. The Labute approximate surface area is 138 Å². The topological polar surface area (TPSA) is 58.2 Å². The maximum Gasteiger partial charge on any atom is 0.251 e. The van der Waals surface area contributed by atoms with Gasteiger partial charge in [-0.2, -0.15) is 0 Å². The summed E-state index contributed by atoms with van der Waals surface area (Å²) in [5, 5.41) is 6.47. The average Bonchev–Trinajstić information content (AvgIpc) is 3.19. The molecular formula is C18H18N2O2S. The number of rotatable bonds is 2. The highest BCUT2D eigenvalue weighted by atomic mass is 32.1. The normalized spacial score (nSPS) is 22.9. The molecular weight excluding hydrogens is 308 g/mol. The third-order valence-electron chi connectivity index (χ3n) is 4.80. The minimum absolute atomic E-state index is 0.0135. The molecule has 1 amide bonds. The lowest BCUT2D eigenvalue weighted by Crippen LogP contribution is -2.28. The van der Waals surface area contributed by atoms with E-state index in [1.165, 1.54) is 11.3 Å². The van der Waals surface area contributed by atoms with Crippen LogP contribution in [0.5, 0.6) is 0 Å². The van der Waals surface area contributed by atoms with E-state index in [1.54, 1.807) is 6.92 Å². The van der Waals surface area contributed by atoms with Crippen molar-refractivity contribution in [3.63, 3.8) is 0 Å². The van der Waals surface area contributed by atoms with E-state index in [2.05, 4.69) is 22.8 Å². The number of fused-ring (bicyclic) bond motifs is 3. The summed E-state index contributed by atoms with van der Waals surface area (Å²) in [6.45, 7) is 4.19. The molecule has 2 atom stereocenters. The van der Waals surface area contributed by atoms with Crippen LogP contribution in [0.25, 0.3) is 10.4 Å². The second-order valence-corrected chi connectivity index (χ2v) is 7.34. The smallest absolute Gasteiger partial charge is 0.251 e. The number of ketones is 1. The zero-order valence-corrected chi connectivity index (χ0v) is 13.7. The van der Waals surface area contributed by atoms with E-state index < -0.39 is 0 Å². The van der Waals surface area contributed by atoms with Gasteiger partial charge in [-0.05, 0) is 42.2 Å². The molecule has 1 saturated heterocycles. The molecule has 0 radical (unpaired) electrons. The third kappa shape index (κ3) is 2.50. The Bertz CT molecular complexity index is 796. The van der Waals surface area contributed by atoms with E-state index in [0.29, 0.717) is 11.8 Å². The fraction of sp³-hybridized carbons (Fsp3) is 0.333. The van der Waals surface area contributed by atoms with Gasteiger partial charge in [0.15, 0.2) is 5.78 Å². The zero-order valence-electron chi connectivity index (χ0n) is 12.9. The zero-order chi connectivity index (χ0) is 16.0. The van der Waals surface area contributed by atoms with Gasteiger partial charge < -0.3 is 10.6 Å². The van der Waals surface area contributed by atoms with Crippen LogP contribution in [-0.4, -0.2) is 31.3 Å². The van der Waals surface area contributed by atoms with Crippen molar-refractivity contribution in [3.05, 3.63) is 46.3 Å². The van der Waals surface area contributed by atoms with Crippen LogP contribution in [0.15, 0.2) is 30.3 Å². The van der Waals surface area contributed by atoms with Crippen molar-refractivity contribution in [2.75, 3.05) is 19.6 Å². The first-order valence-electron chi connectivity index (χ1n) is 7.87. The molecule has 0 spiro atoms. The lowest BCUT2D eigenvalue weighted by molar-refractivity contribution is 0.0951. The molecule has 4 nitrogen and oxygen atoms in total. The first-order chi connectivity index (χ1) is 11.1. The Morgan fingerprint density at radius 1 is 1.17 bits per heavy atom. The summed E-state index contributed by atoms with van der Waals surface area (Å²) in [6, 6.07) is 9.94. The lowest BCUT2D eigenvalue weighted by atomic mass is 9.86. The second kappa shape index (κ2) is 5.58. The van der Waals surface area contributed by atoms with Crippen LogP contribution in [0.1, 0.15) is 38.4 Å². The van der Waals surface area contributed by atoms with Crippen LogP contribution in [0.3, 0.4) is 0 Å². The summed E-state index contributed by atoms with van der Waals surface area (Å²) >= 11 is 1.48. The predicted molar refractivity (Wildman–Crippen MR) is 91.2 cm³/mol. The average molecular weight is 326 g/mol. The second-order valence-electron chi connectivity index (χ2n) is 6.26. The molecule has 1 aromatic heterocycles. The number of hydrogen-bond acceptors (Lipinski definition) is 4. The first-order valence-corrected chi connectivity index (χ1v) is 8.69. The number of carbonyl (C=O) groups excluding carboxylic acids is 2. The Kier molecular flexibility index (Phi) is 3.54. The van der Waals surface area contributed by atoms with Gasteiger partial charge in [0, 0.05) is 36.0 Å². The van der Waals surface area contributed by atoms with Gasteiger partial charge in [-0.3, -0.25) is 9.59 Å². The molecule has 3 heterocycles. The van der Waals surface area contributed by atoms with Crippen molar-refractivity contribution >= 4 is 23.0 Å². The molecule has 4 rings (SSSR count). The van der Waals surface area contributed by atoms with Crippen molar-refractivity contribution in [1.82, 2.24) is 10.6 Å². The minimum atomic E-state index is 0.0135. The number of Topliss-reactive ketones (excluding diaryl/α,β-unsaturated/α-hetero) is 1. The summed E-state index contributed by atoms with van der Waals surface area (Å²) in [5.74, 6) is 0.958. The number of benzene rings is 1. The van der Waals surface area contributed by atoms with Crippen LogP contribution in [0.4, 0.5) is 0 Å². The highest BCUT2D eigenvalue weighted by Crippen LogP contribution is 2.36. The van der Waals surface area contributed by atoms with E-state index in [9.17, 15) is 9.59 Å². The molecule has 2 unspecified atom stereocenters. The van der Waals surface area contributed by atoms with Crippen LogP contribution in [0, 0.1) is 5.92 Å². The maximum atomic E-state index is 12.5. The fourth-order valence-corrected chi connectivity index (χ4v) is 4.44. The highest BCUT2D eigenvalue weighted by Gasteiger charge is 2.34. The summed E-state index contributed by atoms with van der Waals surface area (Å²) < 4.78 is 0. The summed E-state index contributed by atoms with van der Waals surface area (Å²) in [4.78, 5) is 25.7. The predicted octanol–water partition coefficient (Wildman–Crippen LogP) is 2.66. The quantitative estimate of drug-likeness (QED) is 0.834. The van der Waals surface area contributed by atoms with Gasteiger partial charge >= 0.3 is 0 Å². The largest absolute Gasteiger partial charge is 0.352 e. The van der Waals surface area contributed by atoms with Gasteiger partial charge in [0.2, 0.25) is 0 Å². The number of carbonyl (C=O) groups is 2. The molecule has 2 aliphatic heterocycles. The molecule has 2 N–H and O–H groups in total. The van der Waals surface area contributed by atoms with Gasteiger partial charge in [-0.25, -0.2) is 0 Å². The molecule has 0 saturated carbocycles. The van der Waals surface area contributed by atoms with Crippen LogP contribution >= 0.6 is 11.3 Å². The monoisotopic (exact) mass is 326 g/mol. The molecule has 0 bridgehead atoms. The van der Waals surface area contributed by atoms with Gasteiger partial charge in [0.25, 0.3) is 5.91 Å². The third-order valence-corrected chi connectivity index (χ3v) is 6.03. The van der Waals surface area contributed by atoms with E-state index in [1.807, 2.05) is 18.2 Å².